The van der Waals surface area contributed by atoms with E-state index in [1.807, 2.05) is 32.0 Å². The van der Waals surface area contributed by atoms with Gasteiger partial charge in [0.1, 0.15) is 84.3 Å². The predicted molar refractivity (Wildman–Crippen MR) is 489 cm³/mol. The van der Waals surface area contributed by atoms with Crippen LogP contribution >= 0.6 is 11.8 Å². The molecule has 0 bridgehead atoms. The van der Waals surface area contributed by atoms with Crippen molar-refractivity contribution >= 4 is 134 Å². The van der Waals surface area contributed by atoms with Gasteiger partial charge in [-0.05, 0) is 98.2 Å². The number of hydrogen-bond acceptors (Lipinski definition) is 22. The zero-order valence-corrected chi connectivity index (χ0v) is 77.5. The van der Waals surface area contributed by atoms with Crippen LogP contribution in [0.5, 0.6) is 5.75 Å². The number of nitrogens with zero attached hydrogens (tertiary/aromatic N) is 6. The molecule has 14 atom stereocenters. The Morgan fingerprint density at radius 2 is 1.08 bits per heavy atom. The van der Waals surface area contributed by atoms with E-state index in [-0.39, 0.29) is 120 Å². The lowest BCUT2D eigenvalue weighted by Crippen LogP contribution is -2.61. The first-order valence-corrected chi connectivity index (χ1v) is 46.4. The highest BCUT2D eigenvalue weighted by Crippen LogP contribution is 2.28. The Morgan fingerprint density at radius 1 is 0.553 bits per heavy atom. The van der Waals surface area contributed by atoms with Crippen molar-refractivity contribution in [1.29, 1.82) is 0 Å². The summed E-state index contributed by atoms with van der Waals surface area (Å²) < 4.78 is 5.42. The van der Waals surface area contributed by atoms with Gasteiger partial charge in [-0.2, -0.15) is 0 Å². The number of carbonyl (C=O) groups excluding carboxylic acids is 17. The molecule has 5 aromatic rings. The second kappa shape index (κ2) is 49.3. The van der Waals surface area contributed by atoms with Gasteiger partial charge in [0.25, 0.3) is 0 Å². The number of phenolic OH excluding ortho intramolecular Hbond substituents is 1. The summed E-state index contributed by atoms with van der Waals surface area (Å²) in [6.45, 7) is 10.7. The molecule has 0 spiro atoms. The number of aromatic hydroxyl groups is 1. The number of para-hydroxylation sites is 2. The molecule has 3 aromatic carbocycles. The van der Waals surface area contributed by atoms with Gasteiger partial charge < -0.3 is 119 Å². The van der Waals surface area contributed by atoms with E-state index in [0.29, 0.717) is 64.2 Å². The minimum Gasteiger partial charge on any atom is -0.508 e. The van der Waals surface area contributed by atoms with Crippen molar-refractivity contribution in [2.45, 2.75) is 229 Å². The Bertz CT molecular complexity index is 4920. The van der Waals surface area contributed by atoms with Crippen LogP contribution in [0.1, 0.15) is 142 Å². The smallest absolute Gasteiger partial charge is 0.246 e. The Kier molecular flexibility index (Phi) is 38.7. The molecule has 0 aliphatic carbocycles. The highest BCUT2D eigenvalue weighted by atomic mass is 32.2. The topological polar surface area (TPSA) is 563 Å². The molecule has 1 unspecified atom stereocenters. The van der Waals surface area contributed by atoms with Crippen molar-refractivity contribution in [1.82, 2.24) is 92.5 Å². The van der Waals surface area contributed by atoms with Gasteiger partial charge in [-0.15, -0.1) is 11.8 Å². The van der Waals surface area contributed by atoms with E-state index in [9.17, 15) is 63.0 Å². The van der Waals surface area contributed by atoms with Crippen molar-refractivity contribution in [3.8, 4) is 5.75 Å². The number of morpholine rings is 1. The van der Waals surface area contributed by atoms with E-state index in [1.165, 1.54) is 67.0 Å². The molecule has 17 amide bonds. The quantitative estimate of drug-likeness (QED) is 0.0389. The molecule has 4 aliphatic heterocycles. The molecule has 132 heavy (non-hydrogen) atoms. The number of nitrogens with two attached hydrogens (primary N) is 2. The lowest BCUT2D eigenvalue weighted by Gasteiger charge is -2.36. The molecular weight excluding hydrogens is 1730 g/mol. The number of aliphatic hydroxyl groups is 1. The third-order valence-corrected chi connectivity index (χ3v) is 25.3. The number of phenols is 1. The standard InChI is InChI=1S/C91H130N20O20S/c1-11-13-24-71-84(123)100-63(36-51(3)4)82(121)105-70(81(120)97-47-78(117)109-32-34-131-35-33-109)49-132-50-77(116)99-66(38-54-27-29-57(112)30-28-54)87(126)106(8)53(7)79(118)102-68(42-75(93)114)89(128)110-31-19-26-72(110)85(124)104-69(43-92)83(122)103-65(37-52(5)6)90(129)111-48-58(113)41-74(111)86(125)101-64(39-55-44-94-61-22-17-15-20-59(55)61)80(119)96-46-76(115)98-67(40-56-45-95-62-23-18-16-21-60(56)62)88(127)108(10)73(25-14-12-2)91(130)107(71)9/h15-18,20-23,27-30,44-45,51-53,58,63-74,94-95,112-113H,11-14,19,24-26,31-43,46-50,92H2,1-10H3,(H2,93,114)(H,96,119)(H,97,120)(H,98,115)(H,99,116)(H,100,123)(H,101,125)(H,102,118)(H,103,122)(H,104,124)(H,105,121)/t53-,58+,63-,64-,65-,66-,67?,68-,69-,70-,71-,72-,73-,74-/m0/s1. The molecule has 40 nitrogen and oxygen atoms in total. The number of primary amides is 1. The number of H-pyrrole nitrogens is 2. The minimum absolute atomic E-state index is 0.00305. The Morgan fingerprint density at radius 3 is 1.70 bits per heavy atom. The zero-order chi connectivity index (χ0) is 96.3. The van der Waals surface area contributed by atoms with Crippen LogP contribution in [0, 0.1) is 11.8 Å². The molecule has 4 aliphatic rings. The fraction of sp³-hybridized carbons (Fsp3) is 0.571. The number of nitrogens with one attached hydrogen (secondary N) is 12. The van der Waals surface area contributed by atoms with Gasteiger partial charge in [0.15, 0.2) is 0 Å². The van der Waals surface area contributed by atoms with Gasteiger partial charge in [0.05, 0.1) is 44.6 Å². The van der Waals surface area contributed by atoms with E-state index in [2.05, 4.69) is 63.1 Å². The zero-order valence-electron chi connectivity index (χ0n) is 76.7. The molecule has 2 aromatic heterocycles. The first kappa shape index (κ1) is 103. The number of unbranched alkanes of at least 4 members (excludes halogenated alkanes) is 2. The van der Waals surface area contributed by atoms with Gasteiger partial charge in [0, 0.05) is 120 Å². The third kappa shape index (κ3) is 28.4. The minimum atomic E-state index is -1.75. The maximum atomic E-state index is 15.6. The van der Waals surface area contributed by atoms with Gasteiger partial charge in [-0.1, -0.05) is 116 Å². The highest BCUT2D eigenvalue weighted by molar-refractivity contribution is 8.00. The van der Waals surface area contributed by atoms with Crippen molar-refractivity contribution in [2.24, 2.45) is 23.3 Å². The average molecular weight is 1860 g/mol. The largest absolute Gasteiger partial charge is 0.508 e. The SMILES string of the molecule is CCCC[C@H]1C(=O)N(C)[C@@H](CCCC)C(=O)N[C@@H](CC(C)C)C(=O)N[C@H](C(=O)NCC(=O)N2CCOCC2)CSCC(=O)N[C@@H](Cc2ccc(O)cc2)C(=O)N(C)[C@@H](C)C(=O)N[C@@H](CC(N)=O)C(=O)N2CCC[C@H]2C(=O)N[C@@H](CN)C(=O)N[C@@H](CC(C)C)C(=O)N2C[C@H](O)C[C@H]2C(=O)N[C@@H](Cc2c[nH]c3ccccc23)C(=O)NCC(=O)NC(Cc2c[nH]c3ccccc23)C(=O)N1C. The number of likely N-dealkylation sites (N-methyl/N-ethyl adjacent to an activating group) is 3. The molecule has 4 saturated heterocycles. The van der Waals surface area contributed by atoms with Crippen LogP contribution in [0.2, 0.25) is 0 Å². The van der Waals surface area contributed by atoms with Crippen LogP contribution in [0.15, 0.2) is 85.2 Å². The number of amides is 17. The van der Waals surface area contributed by atoms with E-state index >= 15 is 28.8 Å². The lowest BCUT2D eigenvalue weighted by molar-refractivity contribution is -0.149. The molecule has 0 radical (unpaired) electrons. The average Bonchev–Trinajstić information content (AvgIpc) is 1.71. The van der Waals surface area contributed by atoms with Crippen molar-refractivity contribution in [2.75, 3.05) is 91.7 Å². The molecule has 4 fully saturated rings. The molecular formula is C91H130N20O20S. The highest BCUT2D eigenvalue weighted by Gasteiger charge is 2.46. The summed E-state index contributed by atoms with van der Waals surface area (Å²) in [4.78, 5) is 263. The number of thioether (sulfide) groups is 1. The molecule has 41 heteroatoms. The predicted octanol–water partition coefficient (Wildman–Crippen LogP) is -1.14. The van der Waals surface area contributed by atoms with E-state index in [4.69, 9.17) is 16.2 Å². The van der Waals surface area contributed by atoms with Crippen LogP contribution in [0.3, 0.4) is 0 Å². The number of aliphatic hydroxyl groups excluding tert-OH is 1. The van der Waals surface area contributed by atoms with Gasteiger partial charge >= 0.3 is 0 Å². The van der Waals surface area contributed by atoms with Gasteiger partial charge in [-0.3, -0.25) is 81.5 Å². The fourth-order valence-corrected chi connectivity index (χ4v) is 17.7. The summed E-state index contributed by atoms with van der Waals surface area (Å²) in [5.74, 6) is -16.1. The second-order valence-electron chi connectivity index (χ2n) is 35.1. The number of carbonyl (C=O) groups is 17. The maximum Gasteiger partial charge on any atom is 0.246 e. The van der Waals surface area contributed by atoms with Gasteiger partial charge in [-0.25, -0.2) is 0 Å². The van der Waals surface area contributed by atoms with Gasteiger partial charge in [0.2, 0.25) is 100 Å². The first-order chi connectivity index (χ1) is 62.9. The maximum absolute atomic E-state index is 15.6. The summed E-state index contributed by atoms with van der Waals surface area (Å²) >= 11 is 0.837. The number of fused-ring (bicyclic) bond motifs is 4. The normalized spacial score (nSPS) is 25.3. The molecule has 6 heterocycles. The number of aromatic amines is 2. The lowest BCUT2D eigenvalue weighted by atomic mass is 9.99. The summed E-state index contributed by atoms with van der Waals surface area (Å²) in [6.07, 6.45) is 2.37. The Labute approximate surface area is 771 Å². The molecule has 0 saturated carbocycles. The summed E-state index contributed by atoms with van der Waals surface area (Å²) in [6, 6.07) is 0.998. The Hall–Kier alpha value is -12.2. The van der Waals surface area contributed by atoms with Crippen molar-refractivity contribution in [3.05, 3.63) is 102 Å². The summed E-state index contributed by atoms with van der Waals surface area (Å²) in [7, 11) is 4.06. The van der Waals surface area contributed by atoms with E-state index in [0.717, 1.165) is 26.5 Å². The molecule has 720 valence electrons. The number of aromatic nitrogens is 2. The number of benzene rings is 3. The number of hydrogen-bond donors (Lipinski definition) is 16. The van der Waals surface area contributed by atoms with Crippen LogP contribution in [-0.4, -0.2) is 326 Å². The number of rotatable bonds is 22. The fourth-order valence-electron chi connectivity index (χ4n) is 16.8. The van der Waals surface area contributed by atoms with E-state index in [1.54, 1.807) is 70.4 Å². The summed E-state index contributed by atoms with van der Waals surface area (Å²) in [5, 5.41) is 49.9. The van der Waals surface area contributed by atoms with Crippen LogP contribution in [0.4, 0.5) is 0 Å². The summed E-state index contributed by atoms with van der Waals surface area (Å²) in [5.41, 5.74) is 14.8. The third-order valence-electron chi connectivity index (χ3n) is 24.3. The van der Waals surface area contributed by atoms with Crippen LogP contribution < -0.4 is 64.6 Å². The molecule has 9 rings (SSSR count). The Balaban J connectivity index is 1.07. The molecule has 18 N–H and O–H groups in total. The second-order valence-corrected chi connectivity index (χ2v) is 36.2. The first-order valence-electron chi connectivity index (χ1n) is 45.3. The number of ether oxygens (including phenoxy) is 1. The van der Waals surface area contributed by atoms with Crippen LogP contribution in [-0.2, 0) is 106 Å². The van der Waals surface area contributed by atoms with Crippen LogP contribution in [0.25, 0.3) is 21.8 Å². The monoisotopic (exact) mass is 1850 g/mol. The van der Waals surface area contributed by atoms with Crippen molar-refractivity contribution < 1.29 is 96.5 Å². The van der Waals surface area contributed by atoms with Crippen molar-refractivity contribution in [3.63, 3.8) is 0 Å². The van der Waals surface area contributed by atoms with E-state index < -0.39 is 223 Å².